The molecule has 0 amide bonds. The van der Waals surface area contributed by atoms with Gasteiger partial charge < -0.3 is 9.47 Å². The highest BCUT2D eigenvalue weighted by atomic mass is 32.2. The van der Waals surface area contributed by atoms with E-state index in [2.05, 4.69) is 14.9 Å². The van der Waals surface area contributed by atoms with Gasteiger partial charge in [0.2, 0.25) is 10.0 Å². The number of morpholine rings is 1. The second kappa shape index (κ2) is 5.04. The van der Waals surface area contributed by atoms with Gasteiger partial charge in [-0.25, -0.2) is 13.2 Å². The highest BCUT2D eigenvalue weighted by Gasteiger charge is 2.34. The first-order valence-corrected chi connectivity index (χ1v) is 6.68. The van der Waals surface area contributed by atoms with Gasteiger partial charge in [-0.2, -0.15) is 9.40 Å². The van der Waals surface area contributed by atoms with Crippen LogP contribution < -0.4 is 0 Å². The molecule has 0 saturated carbocycles. The van der Waals surface area contributed by atoms with Crippen LogP contribution in [0.3, 0.4) is 0 Å². The highest BCUT2D eigenvalue weighted by molar-refractivity contribution is 7.89. The molecule has 2 heterocycles. The molecular formula is C9H13N3O5S. The Morgan fingerprint density at radius 3 is 3.06 bits per heavy atom. The van der Waals surface area contributed by atoms with Gasteiger partial charge in [0, 0.05) is 12.7 Å². The molecule has 0 aliphatic carbocycles. The molecule has 1 fully saturated rings. The molecule has 9 heteroatoms. The van der Waals surface area contributed by atoms with E-state index in [1.54, 1.807) is 0 Å². The smallest absolute Gasteiger partial charge is 0.336 e. The van der Waals surface area contributed by atoms with E-state index in [1.807, 2.05) is 0 Å². The zero-order valence-electron chi connectivity index (χ0n) is 9.70. The molecule has 1 aliphatic rings. The summed E-state index contributed by atoms with van der Waals surface area (Å²) >= 11 is 0. The summed E-state index contributed by atoms with van der Waals surface area (Å²) in [7, 11) is -2.41. The van der Waals surface area contributed by atoms with Crippen molar-refractivity contribution in [2.45, 2.75) is 11.0 Å². The van der Waals surface area contributed by atoms with Gasteiger partial charge in [0.15, 0.2) is 6.10 Å². The molecule has 0 aromatic carbocycles. The fraction of sp³-hybridized carbons (Fsp3) is 0.556. The van der Waals surface area contributed by atoms with Crippen LogP contribution in [0.25, 0.3) is 0 Å². The molecule has 0 bridgehead atoms. The van der Waals surface area contributed by atoms with Gasteiger partial charge in [-0.15, -0.1) is 0 Å². The zero-order chi connectivity index (χ0) is 13.2. The Bertz CT molecular complexity index is 512. The molecular weight excluding hydrogens is 262 g/mol. The van der Waals surface area contributed by atoms with Gasteiger partial charge in [-0.05, 0) is 0 Å². The van der Waals surface area contributed by atoms with Crippen LogP contribution in [0.15, 0.2) is 17.3 Å². The zero-order valence-corrected chi connectivity index (χ0v) is 10.5. The van der Waals surface area contributed by atoms with E-state index >= 15 is 0 Å². The molecule has 1 aliphatic heterocycles. The first-order valence-electron chi connectivity index (χ1n) is 5.24. The molecule has 1 aromatic heterocycles. The lowest BCUT2D eigenvalue weighted by molar-refractivity contribution is -0.157. The van der Waals surface area contributed by atoms with E-state index in [1.165, 1.54) is 23.8 Å². The largest absolute Gasteiger partial charge is 0.467 e. The molecule has 1 atom stereocenters. The van der Waals surface area contributed by atoms with Gasteiger partial charge >= 0.3 is 5.97 Å². The number of nitrogens with one attached hydrogen (secondary N) is 1. The van der Waals surface area contributed by atoms with Crippen molar-refractivity contribution >= 4 is 16.0 Å². The van der Waals surface area contributed by atoms with E-state index in [0.717, 1.165) is 0 Å². The minimum Gasteiger partial charge on any atom is -0.467 e. The summed E-state index contributed by atoms with van der Waals surface area (Å²) in [5.74, 6) is -0.581. The van der Waals surface area contributed by atoms with Crippen molar-refractivity contribution in [3.05, 3.63) is 12.4 Å². The number of H-pyrrole nitrogens is 1. The normalized spacial score (nSPS) is 21.7. The number of rotatable bonds is 3. The van der Waals surface area contributed by atoms with Gasteiger partial charge in [0.25, 0.3) is 0 Å². The Hall–Kier alpha value is -1.45. The first kappa shape index (κ1) is 13.0. The number of nitrogens with zero attached hydrogens (tertiary/aromatic N) is 2. The number of methoxy groups -OCH3 is 1. The molecule has 0 radical (unpaired) electrons. The Kier molecular flexibility index (Phi) is 3.64. The lowest BCUT2D eigenvalue weighted by atomic mass is 10.3. The molecule has 1 saturated heterocycles. The predicted molar refractivity (Wildman–Crippen MR) is 59.1 cm³/mol. The minimum absolute atomic E-state index is 0.0554. The van der Waals surface area contributed by atoms with Crippen LogP contribution in [0.1, 0.15) is 0 Å². The number of ether oxygens (including phenoxy) is 2. The quantitative estimate of drug-likeness (QED) is 0.708. The SMILES string of the molecule is COC(=O)C1CN(S(=O)(=O)c2cn[nH]c2)CCO1. The first-order chi connectivity index (χ1) is 8.55. The maximum Gasteiger partial charge on any atom is 0.336 e. The van der Waals surface area contributed by atoms with Crippen molar-refractivity contribution in [3.8, 4) is 0 Å². The van der Waals surface area contributed by atoms with Gasteiger partial charge in [-0.1, -0.05) is 0 Å². The molecule has 100 valence electrons. The van der Waals surface area contributed by atoms with Gasteiger partial charge in [0.1, 0.15) is 4.90 Å². The maximum atomic E-state index is 12.2. The third kappa shape index (κ3) is 2.37. The van der Waals surface area contributed by atoms with Crippen LogP contribution in [0, 0.1) is 0 Å². The Morgan fingerprint density at radius 1 is 1.67 bits per heavy atom. The van der Waals surface area contributed by atoms with Crippen molar-refractivity contribution < 1.29 is 22.7 Å². The standard InChI is InChI=1S/C9H13N3O5S/c1-16-9(13)8-6-12(2-3-17-8)18(14,15)7-4-10-11-5-7/h4-5,8H,2-3,6H2,1H3,(H,10,11). The summed E-state index contributed by atoms with van der Waals surface area (Å²) in [4.78, 5) is 11.4. The number of carbonyl (C=O) groups excluding carboxylic acids is 1. The molecule has 0 spiro atoms. The number of sulfonamides is 1. The highest BCUT2D eigenvalue weighted by Crippen LogP contribution is 2.17. The topological polar surface area (TPSA) is 102 Å². The van der Waals surface area contributed by atoms with Crippen LogP contribution >= 0.6 is 0 Å². The van der Waals surface area contributed by atoms with Crippen LogP contribution in [0.2, 0.25) is 0 Å². The second-order valence-corrected chi connectivity index (χ2v) is 5.62. The van der Waals surface area contributed by atoms with Crippen molar-refractivity contribution in [1.82, 2.24) is 14.5 Å². The summed E-state index contributed by atoms with van der Waals surface area (Å²) in [6, 6.07) is 0. The van der Waals surface area contributed by atoms with Crippen molar-refractivity contribution in [3.63, 3.8) is 0 Å². The summed E-state index contributed by atoms with van der Waals surface area (Å²) < 4.78 is 35.2. The summed E-state index contributed by atoms with van der Waals surface area (Å²) in [6.45, 7) is 0.290. The predicted octanol–water partition coefficient (Wildman–Crippen LogP) is -1.03. The van der Waals surface area contributed by atoms with E-state index in [4.69, 9.17) is 4.74 Å². The fourth-order valence-electron chi connectivity index (χ4n) is 1.65. The molecule has 1 N–H and O–H groups in total. The van der Waals surface area contributed by atoms with Gasteiger partial charge in [-0.3, -0.25) is 5.10 Å². The number of esters is 1. The number of aromatic nitrogens is 2. The fourth-order valence-corrected chi connectivity index (χ4v) is 2.98. The number of hydrogen-bond donors (Lipinski definition) is 1. The lowest BCUT2D eigenvalue weighted by Crippen LogP contribution is -2.48. The van der Waals surface area contributed by atoms with Crippen LogP contribution in [0.4, 0.5) is 0 Å². The van der Waals surface area contributed by atoms with E-state index in [0.29, 0.717) is 0 Å². The average molecular weight is 275 g/mol. The Balaban J connectivity index is 2.17. The average Bonchev–Trinajstić information content (AvgIpc) is 2.92. The molecule has 2 rings (SSSR count). The van der Waals surface area contributed by atoms with E-state index in [9.17, 15) is 13.2 Å². The maximum absolute atomic E-state index is 12.2. The third-order valence-corrected chi connectivity index (χ3v) is 4.43. The van der Waals surface area contributed by atoms with Crippen molar-refractivity contribution in [1.29, 1.82) is 0 Å². The number of carbonyl (C=O) groups is 1. The Labute approximate surface area is 104 Å². The molecule has 1 unspecified atom stereocenters. The van der Waals surface area contributed by atoms with E-state index < -0.39 is 22.1 Å². The summed E-state index contributed by atoms with van der Waals surface area (Å²) in [6.07, 6.45) is 1.63. The van der Waals surface area contributed by atoms with Crippen LogP contribution in [-0.4, -0.2) is 61.8 Å². The van der Waals surface area contributed by atoms with Crippen LogP contribution in [0.5, 0.6) is 0 Å². The summed E-state index contributed by atoms with van der Waals surface area (Å²) in [5.41, 5.74) is 0. The van der Waals surface area contributed by atoms with Crippen molar-refractivity contribution in [2.75, 3.05) is 26.8 Å². The van der Waals surface area contributed by atoms with Gasteiger partial charge in [0.05, 0.1) is 26.5 Å². The van der Waals surface area contributed by atoms with E-state index in [-0.39, 0.29) is 24.6 Å². The minimum atomic E-state index is -3.64. The van der Waals surface area contributed by atoms with Crippen LogP contribution in [-0.2, 0) is 24.3 Å². The molecule has 18 heavy (non-hydrogen) atoms. The molecule has 1 aromatic rings. The lowest BCUT2D eigenvalue weighted by Gasteiger charge is -2.30. The second-order valence-electron chi connectivity index (χ2n) is 3.68. The number of aromatic amines is 1. The third-order valence-electron chi connectivity index (χ3n) is 2.60. The Morgan fingerprint density at radius 2 is 2.44 bits per heavy atom. The monoisotopic (exact) mass is 275 g/mol. The molecule has 8 nitrogen and oxygen atoms in total. The number of hydrogen-bond acceptors (Lipinski definition) is 6. The summed E-state index contributed by atoms with van der Waals surface area (Å²) in [5, 5.41) is 6.04. The van der Waals surface area contributed by atoms with Crippen molar-refractivity contribution in [2.24, 2.45) is 0 Å².